The second-order valence-electron chi connectivity index (χ2n) is 12.1. The van der Waals surface area contributed by atoms with Crippen LogP contribution >= 0.6 is 11.6 Å². The molecule has 2 saturated heterocycles. The number of rotatable bonds is 10. The topological polar surface area (TPSA) is 128 Å². The van der Waals surface area contributed by atoms with E-state index >= 15 is 0 Å². The average molecular weight is 570 g/mol. The van der Waals surface area contributed by atoms with Crippen LogP contribution in [0.3, 0.4) is 0 Å². The van der Waals surface area contributed by atoms with Crippen molar-refractivity contribution in [2.45, 2.75) is 83.9 Å². The number of piperidine rings is 2. The fourth-order valence-electron chi connectivity index (χ4n) is 6.49. The highest BCUT2D eigenvalue weighted by Crippen LogP contribution is 2.65. The second-order valence-corrected chi connectivity index (χ2v) is 12.5. The minimum absolute atomic E-state index is 0.0690. The number of halogens is 2. The van der Waals surface area contributed by atoms with Crippen LogP contribution in [-0.2, 0) is 24.0 Å². The van der Waals surface area contributed by atoms with Gasteiger partial charge >= 0.3 is 0 Å². The van der Waals surface area contributed by atoms with Gasteiger partial charge in [0.15, 0.2) is 0 Å². The summed E-state index contributed by atoms with van der Waals surface area (Å²) in [4.78, 5) is 66.9. The number of amides is 5. The summed E-state index contributed by atoms with van der Waals surface area (Å²) in [5.74, 6) is -3.39. The third-order valence-electron chi connectivity index (χ3n) is 9.29. The summed E-state index contributed by atoms with van der Waals surface area (Å²) in [7, 11) is 0. The Balaban J connectivity index is 1.56. The first kappa shape index (κ1) is 29.6. The van der Waals surface area contributed by atoms with Crippen LogP contribution in [0.15, 0.2) is 0 Å². The average Bonchev–Trinajstić information content (AvgIpc) is 3.78. The van der Waals surface area contributed by atoms with Crippen LogP contribution in [0.2, 0.25) is 0 Å². The molecule has 2 saturated carbocycles. The Kier molecular flexibility index (Phi) is 8.78. The lowest BCUT2D eigenvalue weighted by Gasteiger charge is -2.36. The Morgan fingerprint density at radius 1 is 1.15 bits per heavy atom. The van der Waals surface area contributed by atoms with E-state index in [1.165, 1.54) is 4.90 Å². The lowest BCUT2D eigenvalue weighted by atomic mass is 9.91. The number of carbonyl (C=O) groups is 5. The Morgan fingerprint density at radius 3 is 2.38 bits per heavy atom. The molecule has 39 heavy (non-hydrogen) atoms. The first-order chi connectivity index (χ1) is 18.4. The van der Waals surface area contributed by atoms with E-state index in [1.54, 1.807) is 0 Å². The molecule has 5 amide bonds. The Hall–Kier alpha value is -2.43. The molecule has 2 heterocycles. The minimum atomic E-state index is -2.40. The summed E-state index contributed by atoms with van der Waals surface area (Å²) in [6.07, 6.45) is 4.15. The molecule has 218 valence electrons. The van der Waals surface area contributed by atoms with Crippen molar-refractivity contribution in [2.75, 3.05) is 19.6 Å². The van der Waals surface area contributed by atoms with Crippen LogP contribution in [0.1, 0.15) is 66.2 Å². The van der Waals surface area contributed by atoms with Crippen LogP contribution in [0.25, 0.3) is 0 Å². The SMILES string of the molecule is CCC(CC)C(NC(=O)C1CC1)C(=O)N1C[C@H]2[C@@H]([C@H]1C(=O)NN(C[C@@H]1CCCNC1=O)C(=O)C(F)Cl)C2(C)C. The summed E-state index contributed by atoms with van der Waals surface area (Å²) in [5, 5.41) is 6.47. The van der Waals surface area contributed by atoms with Crippen molar-refractivity contribution in [1.29, 1.82) is 0 Å². The van der Waals surface area contributed by atoms with Gasteiger partial charge in [-0.1, -0.05) is 52.1 Å². The molecule has 6 atom stereocenters. The zero-order valence-corrected chi connectivity index (χ0v) is 23.9. The molecule has 0 bridgehead atoms. The van der Waals surface area contributed by atoms with Gasteiger partial charge in [0.2, 0.25) is 17.7 Å². The summed E-state index contributed by atoms with van der Waals surface area (Å²) < 4.78 is 13.9. The maximum absolute atomic E-state index is 14.0. The number of hydrogen-bond donors (Lipinski definition) is 3. The van der Waals surface area contributed by atoms with Crippen molar-refractivity contribution >= 4 is 41.1 Å². The molecule has 4 fully saturated rings. The van der Waals surface area contributed by atoms with Gasteiger partial charge in [0, 0.05) is 19.0 Å². The van der Waals surface area contributed by atoms with Crippen LogP contribution in [0.5, 0.6) is 0 Å². The van der Waals surface area contributed by atoms with Gasteiger partial charge in [0.1, 0.15) is 12.1 Å². The van der Waals surface area contributed by atoms with Crippen LogP contribution in [0.4, 0.5) is 4.39 Å². The van der Waals surface area contributed by atoms with Crippen LogP contribution in [-0.4, -0.2) is 76.8 Å². The van der Waals surface area contributed by atoms with E-state index in [0.717, 1.165) is 17.9 Å². The standard InChI is InChI=1S/C27H41ClFN5O5/c1-5-14(6-2)19(31-23(36)15-9-10-15)25(38)33-13-17-18(27(17,3)4)20(33)24(37)32-34(26(39)21(28)29)12-16-8-7-11-30-22(16)35/h14-21H,5-13H2,1-4H3,(H,30,35)(H,31,36)(H,32,37)/t16-,17-,18-,19?,20-,21?/m0/s1. The van der Waals surface area contributed by atoms with E-state index in [-0.39, 0.29) is 53.4 Å². The number of likely N-dealkylation sites (tertiary alicyclic amines) is 1. The minimum Gasteiger partial charge on any atom is -0.356 e. The molecule has 10 nitrogen and oxygen atoms in total. The van der Waals surface area contributed by atoms with Crippen molar-refractivity contribution in [3.8, 4) is 0 Å². The molecule has 0 radical (unpaired) electrons. The molecule has 0 spiro atoms. The number of alkyl halides is 2. The molecule has 2 aliphatic carbocycles. The molecular weight excluding hydrogens is 529 g/mol. The summed E-state index contributed by atoms with van der Waals surface area (Å²) >= 11 is 5.45. The van der Waals surface area contributed by atoms with E-state index in [2.05, 4.69) is 16.1 Å². The number of carbonyl (C=O) groups excluding carboxylic acids is 5. The molecular formula is C27H41ClFN5O5. The summed E-state index contributed by atoms with van der Waals surface area (Å²) in [6.45, 7) is 8.64. The first-order valence-corrected chi connectivity index (χ1v) is 14.6. The fraction of sp³-hybridized carbons (Fsp3) is 0.815. The fourth-order valence-corrected chi connectivity index (χ4v) is 6.61. The lowest BCUT2D eigenvalue weighted by Crippen LogP contribution is -2.61. The van der Waals surface area contributed by atoms with Crippen LogP contribution in [0, 0.1) is 35.0 Å². The number of hydrazine groups is 1. The molecule has 0 aromatic carbocycles. The smallest absolute Gasteiger partial charge is 0.291 e. The van der Waals surface area contributed by atoms with Gasteiger partial charge < -0.3 is 15.5 Å². The monoisotopic (exact) mass is 569 g/mol. The van der Waals surface area contributed by atoms with Crippen molar-refractivity contribution in [2.24, 2.45) is 35.0 Å². The quantitative estimate of drug-likeness (QED) is 0.273. The number of fused-ring (bicyclic) bond motifs is 1. The molecule has 4 aliphatic rings. The maximum Gasteiger partial charge on any atom is 0.291 e. The van der Waals surface area contributed by atoms with Crippen LogP contribution < -0.4 is 16.1 Å². The third kappa shape index (κ3) is 6.02. The molecule has 2 unspecified atom stereocenters. The highest BCUT2D eigenvalue weighted by molar-refractivity contribution is 6.29. The van der Waals surface area contributed by atoms with Gasteiger partial charge in [-0.25, -0.2) is 9.40 Å². The molecule has 3 N–H and O–H groups in total. The molecule has 12 heteroatoms. The van der Waals surface area contributed by atoms with Gasteiger partial charge in [0.25, 0.3) is 17.4 Å². The van der Waals surface area contributed by atoms with Crippen molar-refractivity contribution < 1.29 is 28.4 Å². The van der Waals surface area contributed by atoms with Gasteiger partial charge in [-0.05, 0) is 48.9 Å². The predicted molar refractivity (Wildman–Crippen MR) is 141 cm³/mol. The van der Waals surface area contributed by atoms with Crippen molar-refractivity contribution in [3.63, 3.8) is 0 Å². The van der Waals surface area contributed by atoms with Gasteiger partial charge in [-0.15, -0.1) is 0 Å². The van der Waals surface area contributed by atoms with E-state index in [9.17, 15) is 28.4 Å². The molecule has 4 rings (SSSR count). The van der Waals surface area contributed by atoms with Gasteiger partial charge in [0.05, 0.1) is 12.5 Å². The largest absolute Gasteiger partial charge is 0.356 e. The predicted octanol–water partition coefficient (Wildman–Crippen LogP) is 1.72. The van der Waals surface area contributed by atoms with Crippen molar-refractivity contribution in [1.82, 2.24) is 26.0 Å². The number of hydrogen-bond acceptors (Lipinski definition) is 5. The van der Waals surface area contributed by atoms with Gasteiger partial charge in [-0.3, -0.25) is 29.4 Å². The van der Waals surface area contributed by atoms with E-state index in [0.29, 0.717) is 38.8 Å². The second kappa shape index (κ2) is 11.6. The number of nitrogens with zero attached hydrogens (tertiary/aromatic N) is 2. The lowest BCUT2D eigenvalue weighted by molar-refractivity contribution is -0.151. The highest BCUT2D eigenvalue weighted by atomic mass is 35.5. The Bertz CT molecular complexity index is 1000. The normalized spacial score (nSPS) is 28.7. The summed E-state index contributed by atoms with van der Waals surface area (Å²) in [5.41, 5.74) is -0.0913. The third-order valence-corrected chi connectivity index (χ3v) is 9.48. The van der Waals surface area contributed by atoms with Crippen molar-refractivity contribution in [3.05, 3.63) is 0 Å². The maximum atomic E-state index is 14.0. The van der Waals surface area contributed by atoms with Gasteiger partial charge in [-0.2, -0.15) is 0 Å². The molecule has 2 aliphatic heterocycles. The Labute approximate surface area is 234 Å². The molecule has 0 aromatic rings. The highest BCUT2D eigenvalue weighted by Gasteiger charge is 2.69. The molecule has 0 aromatic heterocycles. The summed E-state index contributed by atoms with van der Waals surface area (Å²) in [6, 6.07) is -1.66. The zero-order valence-electron chi connectivity index (χ0n) is 23.2. The Morgan fingerprint density at radius 2 is 1.82 bits per heavy atom. The number of nitrogens with one attached hydrogen (secondary N) is 3. The van der Waals surface area contributed by atoms with E-state index < -0.39 is 35.4 Å². The van der Waals surface area contributed by atoms with E-state index in [4.69, 9.17) is 11.6 Å². The van der Waals surface area contributed by atoms with E-state index in [1.807, 2.05) is 27.7 Å². The zero-order chi connectivity index (χ0) is 28.6. The first-order valence-electron chi connectivity index (χ1n) is 14.2.